The molecule has 0 saturated carbocycles. The molecule has 1 aliphatic heterocycles. The Morgan fingerprint density at radius 1 is 1.53 bits per heavy atom. The molecule has 0 amide bonds. The van der Waals surface area contributed by atoms with Crippen molar-refractivity contribution in [2.45, 2.75) is 0 Å². The summed E-state index contributed by atoms with van der Waals surface area (Å²) >= 11 is 0. The normalized spacial score (nSPS) is 15.8. The monoisotopic (exact) mass is 239 g/mol. The average molecular weight is 239 g/mol. The van der Waals surface area contributed by atoms with Crippen LogP contribution >= 0.6 is 0 Å². The second-order valence-electron chi connectivity index (χ2n) is 3.76. The minimum atomic E-state index is -0.580. The third-order valence-electron chi connectivity index (χ3n) is 2.66. The highest BCUT2D eigenvalue weighted by Gasteiger charge is 2.17. The lowest BCUT2D eigenvalue weighted by molar-refractivity contribution is 0.0599. The molecule has 5 nitrogen and oxygen atoms in total. The lowest BCUT2D eigenvalue weighted by Gasteiger charge is -2.28. The van der Waals surface area contributed by atoms with Gasteiger partial charge in [0.15, 0.2) is 11.6 Å². The van der Waals surface area contributed by atoms with E-state index in [0.29, 0.717) is 18.9 Å². The summed E-state index contributed by atoms with van der Waals surface area (Å²) in [5.74, 6) is -0.780. The van der Waals surface area contributed by atoms with Crippen molar-refractivity contribution in [2.24, 2.45) is 0 Å². The van der Waals surface area contributed by atoms with Gasteiger partial charge in [0.1, 0.15) is 0 Å². The van der Waals surface area contributed by atoms with Crippen molar-refractivity contribution in [1.82, 2.24) is 10.3 Å². The van der Waals surface area contributed by atoms with Crippen LogP contribution in [0.3, 0.4) is 0 Å². The Bertz CT molecular complexity index is 419. The van der Waals surface area contributed by atoms with E-state index >= 15 is 0 Å². The number of carbonyl (C=O) groups excluding carboxylic acids is 1. The number of carbonyl (C=O) groups is 1. The molecule has 92 valence electrons. The molecule has 0 unspecified atom stereocenters. The van der Waals surface area contributed by atoms with Crippen LogP contribution < -0.4 is 10.2 Å². The second kappa shape index (κ2) is 5.09. The van der Waals surface area contributed by atoms with Crippen LogP contribution in [0.15, 0.2) is 12.3 Å². The van der Waals surface area contributed by atoms with Gasteiger partial charge in [0.2, 0.25) is 0 Å². The highest BCUT2D eigenvalue weighted by molar-refractivity contribution is 5.89. The Balaban J connectivity index is 2.21. The highest BCUT2D eigenvalue weighted by Crippen LogP contribution is 2.17. The zero-order valence-electron chi connectivity index (χ0n) is 9.57. The lowest BCUT2D eigenvalue weighted by Crippen LogP contribution is -2.44. The van der Waals surface area contributed by atoms with Crippen molar-refractivity contribution < 1.29 is 13.9 Å². The number of hydrogen-bond donors (Lipinski definition) is 1. The van der Waals surface area contributed by atoms with Crippen LogP contribution in [0, 0.1) is 5.82 Å². The maximum Gasteiger partial charge on any atom is 0.339 e. The molecule has 2 rings (SSSR count). The molecule has 2 heterocycles. The van der Waals surface area contributed by atoms with Gasteiger partial charge in [-0.25, -0.2) is 14.2 Å². The molecule has 1 aromatic rings. The van der Waals surface area contributed by atoms with Crippen LogP contribution in [0.2, 0.25) is 0 Å². The van der Waals surface area contributed by atoms with Gasteiger partial charge in [-0.1, -0.05) is 0 Å². The molecular weight excluding hydrogens is 225 g/mol. The summed E-state index contributed by atoms with van der Waals surface area (Å²) < 4.78 is 18.3. The Morgan fingerprint density at radius 2 is 2.24 bits per heavy atom. The molecule has 0 bridgehead atoms. The number of halogens is 1. The van der Waals surface area contributed by atoms with Crippen LogP contribution in [0.1, 0.15) is 10.4 Å². The maximum absolute atomic E-state index is 13.8. The van der Waals surface area contributed by atoms with E-state index in [9.17, 15) is 9.18 Å². The number of nitrogens with one attached hydrogen (secondary N) is 1. The summed E-state index contributed by atoms with van der Waals surface area (Å²) in [4.78, 5) is 17.0. The van der Waals surface area contributed by atoms with Gasteiger partial charge in [-0.15, -0.1) is 0 Å². The number of hydrogen-bond acceptors (Lipinski definition) is 5. The molecule has 0 spiro atoms. The molecule has 0 aromatic carbocycles. The Hall–Kier alpha value is -1.69. The fraction of sp³-hybridized carbons (Fsp3) is 0.455. The fourth-order valence-electron chi connectivity index (χ4n) is 1.77. The van der Waals surface area contributed by atoms with Crippen LogP contribution in [0.4, 0.5) is 10.2 Å². The molecule has 1 N–H and O–H groups in total. The summed E-state index contributed by atoms with van der Waals surface area (Å²) in [6, 6.07) is 1.16. The third kappa shape index (κ3) is 2.52. The number of piperazine rings is 1. The zero-order chi connectivity index (χ0) is 12.3. The molecular formula is C11H14FN3O2. The second-order valence-corrected chi connectivity index (χ2v) is 3.76. The number of pyridine rings is 1. The first-order valence-electron chi connectivity index (χ1n) is 5.42. The summed E-state index contributed by atoms with van der Waals surface area (Å²) in [5, 5.41) is 3.18. The number of rotatable bonds is 2. The molecule has 1 aromatic heterocycles. The standard InChI is InChI=1S/C11H14FN3O2/c1-17-11(16)8-6-9(12)10(14-7-8)15-4-2-13-3-5-15/h6-7,13H,2-5H2,1H3. The fourth-order valence-corrected chi connectivity index (χ4v) is 1.77. The smallest absolute Gasteiger partial charge is 0.339 e. The van der Waals surface area contributed by atoms with Gasteiger partial charge < -0.3 is 15.0 Å². The molecule has 0 radical (unpaired) electrons. The highest BCUT2D eigenvalue weighted by atomic mass is 19.1. The van der Waals surface area contributed by atoms with Crippen molar-refractivity contribution in [1.29, 1.82) is 0 Å². The van der Waals surface area contributed by atoms with Crippen molar-refractivity contribution in [2.75, 3.05) is 38.2 Å². The maximum atomic E-state index is 13.8. The van der Waals surface area contributed by atoms with E-state index in [-0.39, 0.29) is 5.56 Å². The number of anilines is 1. The third-order valence-corrected chi connectivity index (χ3v) is 2.66. The van der Waals surface area contributed by atoms with E-state index in [4.69, 9.17) is 0 Å². The van der Waals surface area contributed by atoms with Crippen LogP contribution in [-0.4, -0.2) is 44.2 Å². The van der Waals surface area contributed by atoms with Gasteiger partial charge in [0, 0.05) is 32.4 Å². The van der Waals surface area contributed by atoms with Crippen LogP contribution in [0.25, 0.3) is 0 Å². The number of nitrogens with zero attached hydrogens (tertiary/aromatic N) is 2. The SMILES string of the molecule is COC(=O)c1cnc(N2CCNCC2)c(F)c1. The Labute approximate surface area is 98.6 Å². The first-order chi connectivity index (χ1) is 8.22. The zero-order valence-corrected chi connectivity index (χ0v) is 9.57. The molecule has 1 fully saturated rings. The van der Waals surface area contributed by atoms with E-state index in [1.165, 1.54) is 13.3 Å². The number of esters is 1. The van der Waals surface area contributed by atoms with Gasteiger partial charge in [0.05, 0.1) is 12.7 Å². The van der Waals surface area contributed by atoms with Crippen molar-refractivity contribution >= 4 is 11.8 Å². The molecule has 17 heavy (non-hydrogen) atoms. The van der Waals surface area contributed by atoms with E-state index in [1.54, 1.807) is 0 Å². The van der Waals surface area contributed by atoms with E-state index in [0.717, 1.165) is 19.2 Å². The minimum absolute atomic E-state index is 0.129. The topological polar surface area (TPSA) is 54.5 Å². The summed E-state index contributed by atoms with van der Waals surface area (Å²) in [6.07, 6.45) is 1.34. The minimum Gasteiger partial charge on any atom is -0.465 e. The van der Waals surface area contributed by atoms with Gasteiger partial charge in [0.25, 0.3) is 0 Å². The molecule has 0 atom stereocenters. The van der Waals surface area contributed by atoms with Gasteiger partial charge in [-0.2, -0.15) is 0 Å². The number of ether oxygens (including phenoxy) is 1. The summed E-state index contributed by atoms with van der Waals surface area (Å²) in [6.45, 7) is 3.03. The van der Waals surface area contributed by atoms with Crippen LogP contribution in [-0.2, 0) is 4.74 Å². The lowest BCUT2D eigenvalue weighted by atomic mass is 10.2. The molecule has 1 saturated heterocycles. The summed E-state index contributed by atoms with van der Waals surface area (Å²) in [7, 11) is 1.25. The van der Waals surface area contributed by atoms with E-state index in [2.05, 4.69) is 15.0 Å². The quantitative estimate of drug-likeness (QED) is 0.758. The Kier molecular flexibility index (Phi) is 3.53. The predicted octanol–water partition coefficient (Wildman–Crippen LogP) is 0.417. The first-order valence-corrected chi connectivity index (χ1v) is 5.42. The molecule has 0 aliphatic carbocycles. The van der Waals surface area contributed by atoms with Gasteiger partial charge in [-0.3, -0.25) is 0 Å². The molecule has 6 heteroatoms. The number of methoxy groups -OCH3 is 1. The summed E-state index contributed by atoms with van der Waals surface area (Å²) in [5.41, 5.74) is 0.129. The average Bonchev–Trinajstić information content (AvgIpc) is 2.38. The van der Waals surface area contributed by atoms with E-state index < -0.39 is 11.8 Å². The van der Waals surface area contributed by atoms with Crippen molar-refractivity contribution in [3.05, 3.63) is 23.6 Å². The first kappa shape index (κ1) is 11.8. The van der Waals surface area contributed by atoms with Crippen LogP contribution in [0.5, 0.6) is 0 Å². The Morgan fingerprint density at radius 3 is 2.82 bits per heavy atom. The van der Waals surface area contributed by atoms with E-state index in [1.807, 2.05) is 4.90 Å². The largest absolute Gasteiger partial charge is 0.465 e. The van der Waals surface area contributed by atoms with Crippen molar-refractivity contribution in [3.63, 3.8) is 0 Å². The van der Waals surface area contributed by atoms with Gasteiger partial charge in [-0.05, 0) is 6.07 Å². The van der Waals surface area contributed by atoms with Gasteiger partial charge >= 0.3 is 5.97 Å². The predicted molar refractivity (Wildman–Crippen MR) is 60.6 cm³/mol. The van der Waals surface area contributed by atoms with Crippen molar-refractivity contribution in [3.8, 4) is 0 Å². The number of aromatic nitrogens is 1. The molecule has 1 aliphatic rings.